The lowest BCUT2D eigenvalue weighted by atomic mass is 9.98. The standard InChI is InChI=1S/C32H28N4O4/c1-34(31(33)39)27(37)19-25-17-18-26(30(38)24-15-9-4-10-16-24)29-28(25)35(20-22-11-5-2-6-12-22)32(40)36(29)21-23-13-7-3-8-14-23/h2-18H,19-21H2,1H3,(H2,33,39). The number of hydrogen-bond donors (Lipinski definition) is 1. The molecule has 0 saturated carbocycles. The van der Waals surface area contributed by atoms with Gasteiger partial charge < -0.3 is 5.73 Å². The van der Waals surface area contributed by atoms with Gasteiger partial charge in [-0.3, -0.25) is 23.6 Å². The van der Waals surface area contributed by atoms with Gasteiger partial charge in [0, 0.05) is 18.2 Å². The van der Waals surface area contributed by atoms with Crippen LogP contribution in [-0.2, 0) is 24.3 Å². The molecule has 0 aliphatic carbocycles. The molecule has 2 N–H and O–H groups in total. The second-order valence-electron chi connectivity index (χ2n) is 9.56. The third-order valence-electron chi connectivity index (χ3n) is 6.93. The molecule has 1 aromatic heterocycles. The number of imidazole rings is 1. The maximum absolute atomic E-state index is 14.1. The molecule has 0 bridgehead atoms. The van der Waals surface area contributed by atoms with E-state index in [4.69, 9.17) is 5.73 Å². The fourth-order valence-electron chi connectivity index (χ4n) is 4.83. The maximum Gasteiger partial charge on any atom is 0.329 e. The van der Waals surface area contributed by atoms with E-state index >= 15 is 0 Å². The first-order valence-electron chi connectivity index (χ1n) is 12.8. The number of nitrogens with two attached hydrogens (primary N) is 1. The number of amides is 3. The Kier molecular flexibility index (Phi) is 7.41. The molecule has 40 heavy (non-hydrogen) atoms. The molecule has 8 heteroatoms. The number of primary amides is 1. The van der Waals surface area contributed by atoms with Crippen molar-refractivity contribution < 1.29 is 14.4 Å². The van der Waals surface area contributed by atoms with Crippen LogP contribution in [0.4, 0.5) is 4.79 Å². The second kappa shape index (κ2) is 11.2. The minimum absolute atomic E-state index is 0.181. The highest BCUT2D eigenvalue weighted by molar-refractivity contribution is 6.16. The van der Waals surface area contributed by atoms with Gasteiger partial charge in [-0.1, -0.05) is 97.1 Å². The number of nitrogens with zero attached hydrogens (tertiary/aromatic N) is 3. The van der Waals surface area contributed by atoms with E-state index in [1.54, 1.807) is 45.5 Å². The highest BCUT2D eigenvalue weighted by atomic mass is 16.2. The van der Waals surface area contributed by atoms with Gasteiger partial charge in [-0.05, 0) is 22.8 Å². The quantitative estimate of drug-likeness (QED) is 0.302. The minimum atomic E-state index is -0.875. The molecule has 5 rings (SSSR count). The summed E-state index contributed by atoms with van der Waals surface area (Å²) in [5.74, 6) is -0.762. The molecule has 0 spiro atoms. The minimum Gasteiger partial charge on any atom is -0.351 e. The summed E-state index contributed by atoms with van der Waals surface area (Å²) in [6.07, 6.45) is -0.181. The Bertz CT molecular complexity index is 1760. The van der Waals surface area contributed by atoms with Gasteiger partial charge in [0.05, 0.1) is 30.5 Å². The number of fused-ring (bicyclic) bond motifs is 1. The molecule has 0 saturated heterocycles. The zero-order valence-electron chi connectivity index (χ0n) is 22.0. The van der Waals surface area contributed by atoms with Crippen molar-refractivity contribution in [2.24, 2.45) is 5.73 Å². The topological polar surface area (TPSA) is 107 Å². The molecule has 3 amide bonds. The Morgan fingerprint density at radius 2 is 1.20 bits per heavy atom. The number of ketones is 1. The van der Waals surface area contributed by atoms with E-state index in [1.165, 1.54) is 7.05 Å². The lowest BCUT2D eigenvalue weighted by molar-refractivity contribution is -0.126. The van der Waals surface area contributed by atoms with Crippen LogP contribution >= 0.6 is 0 Å². The number of carbonyl (C=O) groups excluding carboxylic acids is 3. The molecular weight excluding hydrogens is 504 g/mol. The third-order valence-corrected chi connectivity index (χ3v) is 6.93. The zero-order valence-corrected chi connectivity index (χ0v) is 22.0. The fraction of sp³-hybridized carbons (Fsp3) is 0.125. The highest BCUT2D eigenvalue weighted by Gasteiger charge is 2.25. The van der Waals surface area contributed by atoms with Crippen molar-refractivity contribution in [2.75, 3.05) is 7.05 Å². The predicted molar refractivity (Wildman–Crippen MR) is 153 cm³/mol. The van der Waals surface area contributed by atoms with Crippen LogP contribution in [0.15, 0.2) is 108 Å². The summed E-state index contributed by atoms with van der Waals surface area (Å²) in [6.45, 7) is 0.458. The lowest BCUT2D eigenvalue weighted by Gasteiger charge is -2.15. The van der Waals surface area contributed by atoms with Crippen LogP contribution in [0.25, 0.3) is 11.0 Å². The van der Waals surface area contributed by atoms with E-state index in [0.717, 1.165) is 16.0 Å². The Morgan fingerprint density at radius 3 is 1.73 bits per heavy atom. The Balaban J connectivity index is 1.79. The summed E-state index contributed by atoms with van der Waals surface area (Å²) in [5, 5.41) is 0. The molecular formula is C32H28N4O4. The average Bonchev–Trinajstić information content (AvgIpc) is 3.25. The molecule has 0 aliphatic rings. The number of carbonyl (C=O) groups is 3. The molecule has 4 aromatic carbocycles. The van der Waals surface area contributed by atoms with E-state index in [1.807, 2.05) is 66.7 Å². The van der Waals surface area contributed by atoms with Crippen molar-refractivity contribution in [2.45, 2.75) is 19.5 Å². The third kappa shape index (κ3) is 5.19. The summed E-state index contributed by atoms with van der Waals surface area (Å²) in [6, 6.07) is 30.3. The molecule has 0 fully saturated rings. The largest absolute Gasteiger partial charge is 0.351 e. The lowest BCUT2D eigenvalue weighted by Crippen LogP contribution is -2.38. The first kappa shape index (κ1) is 26.4. The number of aromatic nitrogens is 2. The van der Waals surface area contributed by atoms with Crippen molar-refractivity contribution in [1.29, 1.82) is 0 Å². The number of rotatable bonds is 8. The van der Waals surface area contributed by atoms with Crippen molar-refractivity contribution in [3.05, 3.63) is 141 Å². The first-order valence-corrected chi connectivity index (χ1v) is 12.8. The molecule has 0 aliphatic heterocycles. The Morgan fingerprint density at radius 1 is 0.700 bits per heavy atom. The molecule has 5 aromatic rings. The van der Waals surface area contributed by atoms with Crippen molar-refractivity contribution >= 4 is 28.8 Å². The van der Waals surface area contributed by atoms with E-state index in [2.05, 4.69) is 0 Å². The molecule has 200 valence electrons. The number of likely N-dealkylation sites (N-methyl/N-ethyl adjacent to an activating group) is 1. The average molecular weight is 533 g/mol. The van der Waals surface area contributed by atoms with Crippen LogP contribution in [-0.4, -0.2) is 38.8 Å². The fourth-order valence-corrected chi connectivity index (χ4v) is 4.83. The van der Waals surface area contributed by atoms with Gasteiger partial charge in [0.1, 0.15) is 0 Å². The molecule has 8 nitrogen and oxygen atoms in total. The van der Waals surface area contributed by atoms with Gasteiger partial charge in [-0.15, -0.1) is 0 Å². The summed E-state index contributed by atoms with van der Waals surface area (Å²) in [5.41, 5.74) is 9.04. The first-order chi connectivity index (χ1) is 19.3. The number of hydrogen-bond acceptors (Lipinski definition) is 4. The van der Waals surface area contributed by atoms with Crippen LogP contribution in [0, 0.1) is 0 Å². The van der Waals surface area contributed by atoms with Gasteiger partial charge in [0.2, 0.25) is 5.91 Å². The summed E-state index contributed by atoms with van der Waals surface area (Å²) >= 11 is 0. The van der Waals surface area contributed by atoms with Gasteiger partial charge >= 0.3 is 11.7 Å². The predicted octanol–water partition coefficient (Wildman–Crippen LogP) is 4.21. The monoisotopic (exact) mass is 532 g/mol. The van der Waals surface area contributed by atoms with Crippen LogP contribution in [0.2, 0.25) is 0 Å². The smallest absolute Gasteiger partial charge is 0.329 e. The zero-order chi connectivity index (χ0) is 28.2. The van der Waals surface area contributed by atoms with Gasteiger partial charge in [0.15, 0.2) is 5.78 Å². The van der Waals surface area contributed by atoms with Gasteiger partial charge in [-0.2, -0.15) is 0 Å². The van der Waals surface area contributed by atoms with Crippen molar-refractivity contribution in [3.63, 3.8) is 0 Å². The van der Waals surface area contributed by atoms with Crippen LogP contribution in [0.5, 0.6) is 0 Å². The van der Waals surface area contributed by atoms with E-state index < -0.39 is 11.9 Å². The van der Waals surface area contributed by atoms with Crippen molar-refractivity contribution in [3.8, 4) is 0 Å². The molecule has 0 atom stereocenters. The number of benzene rings is 4. The second-order valence-corrected chi connectivity index (χ2v) is 9.56. The SMILES string of the molecule is CN(C(N)=O)C(=O)Cc1ccc(C(=O)c2ccccc2)c2c1n(Cc1ccccc1)c(=O)n2Cc1ccccc1. The van der Waals surface area contributed by atoms with Crippen molar-refractivity contribution in [1.82, 2.24) is 14.0 Å². The Labute approximate surface area is 230 Å². The van der Waals surface area contributed by atoms with Crippen LogP contribution in [0.1, 0.15) is 32.6 Å². The summed E-state index contributed by atoms with van der Waals surface area (Å²) < 4.78 is 3.19. The van der Waals surface area contributed by atoms with E-state index in [0.29, 0.717) is 27.7 Å². The van der Waals surface area contributed by atoms with Crippen LogP contribution < -0.4 is 11.4 Å². The van der Waals surface area contributed by atoms with Crippen LogP contribution in [0.3, 0.4) is 0 Å². The summed E-state index contributed by atoms with van der Waals surface area (Å²) in [4.78, 5) is 53.4. The van der Waals surface area contributed by atoms with Gasteiger partial charge in [-0.25, -0.2) is 9.59 Å². The normalized spacial score (nSPS) is 10.9. The molecule has 0 radical (unpaired) electrons. The van der Waals surface area contributed by atoms with Gasteiger partial charge in [0.25, 0.3) is 0 Å². The van der Waals surface area contributed by atoms with E-state index in [9.17, 15) is 19.2 Å². The maximum atomic E-state index is 14.1. The number of imide groups is 1. The molecule has 0 unspecified atom stereocenters. The number of urea groups is 1. The Hall–Kier alpha value is -5.24. The molecule has 1 heterocycles. The van der Waals surface area contributed by atoms with E-state index in [-0.39, 0.29) is 31.0 Å². The highest BCUT2D eigenvalue weighted by Crippen LogP contribution is 2.27. The summed E-state index contributed by atoms with van der Waals surface area (Å²) in [7, 11) is 1.31.